The van der Waals surface area contributed by atoms with E-state index in [2.05, 4.69) is 52.5 Å². The molecule has 0 saturated heterocycles. The summed E-state index contributed by atoms with van der Waals surface area (Å²) >= 11 is 6.51. The molecule has 2 N–H and O–H groups in total. The van der Waals surface area contributed by atoms with Crippen LogP contribution in [0.15, 0.2) is 67.7 Å². The molecule has 31 heavy (non-hydrogen) atoms. The highest BCUT2D eigenvalue weighted by atomic mass is 79.9. The van der Waals surface area contributed by atoms with Gasteiger partial charge >= 0.3 is 6.03 Å². The lowest BCUT2D eigenvalue weighted by Crippen LogP contribution is -2.35. The number of hydrogen-bond acceptors (Lipinski definition) is 6. The maximum atomic E-state index is 12.7. The number of halogens is 2. The maximum Gasteiger partial charge on any atom is 0.327 e. The molecular formula is C20H16Br2N4O4S. The van der Waals surface area contributed by atoms with Crippen LogP contribution in [0.25, 0.3) is 0 Å². The van der Waals surface area contributed by atoms with E-state index in [-0.39, 0.29) is 21.3 Å². The molecule has 1 heterocycles. The second-order valence-electron chi connectivity index (χ2n) is 6.49. The van der Waals surface area contributed by atoms with E-state index in [1.54, 1.807) is 30.3 Å². The van der Waals surface area contributed by atoms with Gasteiger partial charge in [0, 0.05) is 8.95 Å². The molecular weight excluding hydrogens is 552 g/mol. The largest absolute Gasteiger partial charge is 0.327 e. The molecule has 0 fully saturated rings. The Morgan fingerprint density at radius 2 is 1.61 bits per heavy atom. The molecule has 0 bridgehead atoms. The molecule has 0 radical (unpaired) electrons. The smallest absolute Gasteiger partial charge is 0.291 e. The van der Waals surface area contributed by atoms with Gasteiger partial charge in [0.2, 0.25) is 9.84 Å². The lowest BCUT2D eigenvalue weighted by molar-refractivity contribution is 0.0965. The number of benzene rings is 2. The van der Waals surface area contributed by atoms with Crippen molar-refractivity contribution < 1.29 is 18.0 Å². The number of anilines is 1. The topological polar surface area (TPSA) is 118 Å². The van der Waals surface area contributed by atoms with Crippen LogP contribution in [0.2, 0.25) is 0 Å². The van der Waals surface area contributed by atoms with Crippen molar-refractivity contribution in [3.8, 4) is 0 Å². The number of carbonyl (C=O) groups excluding carboxylic acids is 2. The second kappa shape index (κ2) is 9.25. The zero-order chi connectivity index (χ0) is 22.8. The molecule has 0 aliphatic heterocycles. The summed E-state index contributed by atoms with van der Waals surface area (Å²) < 4.78 is 26.5. The highest BCUT2D eigenvalue weighted by Gasteiger charge is 2.21. The Morgan fingerprint density at radius 1 is 0.935 bits per heavy atom. The predicted molar refractivity (Wildman–Crippen MR) is 122 cm³/mol. The van der Waals surface area contributed by atoms with Crippen LogP contribution in [0, 0.1) is 13.8 Å². The van der Waals surface area contributed by atoms with Crippen LogP contribution in [0.1, 0.15) is 21.5 Å². The first kappa shape index (κ1) is 23.0. The Morgan fingerprint density at radius 3 is 2.19 bits per heavy atom. The fourth-order valence-corrected chi connectivity index (χ4v) is 5.11. The van der Waals surface area contributed by atoms with E-state index in [9.17, 15) is 18.0 Å². The summed E-state index contributed by atoms with van der Waals surface area (Å²) in [6.45, 7) is 3.70. The predicted octanol–water partition coefficient (Wildman–Crippen LogP) is 4.41. The zero-order valence-corrected chi connectivity index (χ0v) is 20.3. The molecule has 2 aromatic carbocycles. The fraction of sp³-hybridized carbons (Fsp3) is 0.100. The number of sulfone groups is 1. The quantitative estimate of drug-likeness (QED) is 0.482. The molecule has 0 aliphatic carbocycles. The van der Waals surface area contributed by atoms with Gasteiger partial charge in [0.25, 0.3) is 5.91 Å². The van der Waals surface area contributed by atoms with Crippen molar-refractivity contribution in [1.29, 1.82) is 0 Å². The Balaban J connectivity index is 1.72. The van der Waals surface area contributed by atoms with E-state index in [4.69, 9.17) is 0 Å². The Labute approximate surface area is 195 Å². The molecule has 3 amide bonds. The lowest BCUT2D eigenvalue weighted by atomic mass is 10.1. The molecule has 0 atom stereocenters. The van der Waals surface area contributed by atoms with Crippen LogP contribution < -0.4 is 10.6 Å². The molecule has 0 aliphatic rings. The number of nitrogens with zero attached hydrogens (tertiary/aromatic N) is 2. The number of aryl methyl sites for hydroxylation is 2. The van der Waals surface area contributed by atoms with Crippen molar-refractivity contribution in [3.05, 3.63) is 74.4 Å². The number of amides is 3. The minimum absolute atomic E-state index is 0.0180. The fourth-order valence-electron chi connectivity index (χ4n) is 2.55. The van der Waals surface area contributed by atoms with Gasteiger partial charge in [-0.3, -0.25) is 15.4 Å². The van der Waals surface area contributed by atoms with Crippen molar-refractivity contribution in [3.63, 3.8) is 0 Å². The van der Waals surface area contributed by atoms with Crippen molar-refractivity contribution >= 4 is 59.5 Å². The Hall–Kier alpha value is -2.63. The molecule has 3 aromatic rings. The molecule has 11 heteroatoms. The van der Waals surface area contributed by atoms with E-state index in [0.29, 0.717) is 8.95 Å². The van der Waals surface area contributed by atoms with Gasteiger partial charge < -0.3 is 0 Å². The molecule has 8 nitrogen and oxygen atoms in total. The number of nitrogens with one attached hydrogen (secondary N) is 2. The number of imide groups is 1. The highest BCUT2D eigenvalue weighted by molar-refractivity contribution is 9.11. The van der Waals surface area contributed by atoms with Crippen molar-refractivity contribution in [2.45, 2.75) is 23.8 Å². The molecule has 0 unspecified atom stereocenters. The van der Waals surface area contributed by atoms with E-state index >= 15 is 0 Å². The molecule has 0 saturated carbocycles. The monoisotopic (exact) mass is 566 g/mol. The summed E-state index contributed by atoms with van der Waals surface area (Å²) in [4.78, 5) is 32.4. The van der Waals surface area contributed by atoms with Crippen LogP contribution in [-0.4, -0.2) is 30.3 Å². The second-order valence-corrected chi connectivity index (χ2v) is 10.1. The van der Waals surface area contributed by atoms with Gasteiger partial charge in [-0.05, 0) is 81.1 Å². The van der Waals surface area contributed by atoms with Gasteiger partial charge in [-0.25, -0.2) is 23.2 Å². The number of hydrogen-bond donors (Lipinski definition) is 2. The van der Waals surface area contributed by atoms with Crippen molar-refractivity contribution in [2.24, 2.45) is 0 Å². The zero-order valence-electron chi connectivity index (χ0n) is 16.3. The van der Waals surface area contributed by atoms with E-state index < -0.39 is 21.8 Å². The average molecular weight is 568 g/mol. The minimum atomic E-state index is -3.85. The van der Waals surface area contributed by atoms with E-state index in [1.807, 2.05) is 13.8 Å². The Kier molecular flexibility index (Phi) is 6.87. The highest BCUT2D eigenvalue weighted by Crippen LogP contribution is 2.25. The molecule has 3 rings (SSSR count). The van der Waals surface area contributed by atoms with Gasteiger partial charge in [-0.2, -0.15) is 0 Å². The van der Waals surface area contributed by atoms with Crippen LogP contribution in [0.4, 0.5) is 10.6 Å². The third kappa shape index (κ3) is 5.17. The third-order valence-electron chi connectivity index (χ3n) is 4.35. The number of urea groups is 1. The normalized spacial score (nSPS) is 11.1. The molecule has 1 aromatic heterocycles. The van der Waals surface area contributed by atoms with Gasteiger partial charge in [0.15, 0.2) is 10.8 Å². The summed E-state index contributed by atoms with van der Waals surface area (Å²) in [6.07, 6.45) is 2.15. The summed E-state index contributed by atoms with van der Waals surface area (Å²) in [5.74, 6) is -0.658. The number of aromatic nitrogens is 2. The average Bonchev–Trinajstić information content (AvgIpc) is 2.70. The first-order chi connectivity index (χ1) is 14.6. The van der Waals surface area contributed by atoms with Gasteiger partial charge in [0.05, 0.1) is 22.9 Å². The first-order valence-electron chi connectivity index (χ1n) is 8.80. The summed E-state index contributed by atoms with van der Waals surface area (Å²) in [7, 11) is -3.85. The Bertz CT molecular complexity index is 1260. The third-order valence-corrected chi connectivity index (χ3v) is 7.31. The van der Waals surface area contributed by atoms with E-state index in [0.717, 1.165) is 23.5 Å². The van der Waals surface area contributed by atoms with Crippen LogP contribution >= 0.6 is 31.9 Å². The van der Waals surface area contributed by atoms with Crippen molar-refractivity contribution in [2.75, 3.05) is 5.32 Å². The summed E-state index contributed by atoms with van der Waals surface area (Å²) in [6, 6.07) is 9.01. The van der Waals surface area contributed by atoms with E-state index in [1.165, 1.54) is 6.07 Å². The van der Waals surface area contributed by atoms with Gasteiger partial charge in [-0.1, -0.05) is 12.1 Å². The van der Waals surface area contributed by atoms with Crippen molar-refractivity contribution in [1.82, 2.24) is 15.3 Å². The van der Waals surface area contributed by atoms with Gasteiger partial charge in [0.1, 0.15) is 0 Å². The molecule has 0 spiro atoms. The van der Waals surface area contributed by atoms with Crippen LogP contribution in [0.3, 0.4) is 0 Å². The first-order valence-corrected chi connectivity index (χ1v) is 11.9. The standard InChI is InChI=1S/C20H16Br2N4O4S/c1-11-6-7-13(8-12(11)2)31(29,30)17-10-23-16(9-24-17)25-20(28)26-19(27)18-14(21)4-3-5-15(18)22/h3-10H,1-2H3,(H2,23,25,26,27,28). The lowest BCUT2D eigenvalue weighted by Gasteiger charge is -2.09. The number of rotatable bonds is 4. The van der Waals surface area contributed by atoms with Gasteiger partial charge in [-0.15, -0.1) is 0 Å². The number of carbonyl (C=O) groups is 2. The SMILES string of the molecule is Cc1ccc(S(=O)(=O)c2cnc(NC(=O)NC(=O)c3c(Br)cccc3Br)cn2)cc1C. The van der Waals surface area contributed by atoms with Crippen LogP contribution in [-0.2, 0) is 9.84 Å². The minimum Gasteiger partial charge on any atom is -0.291 e. The summed E-state index contributed by atoms with van der Waals surface area (Å²) in [5, 5.41) is 4.27. The van der Waals surface area contributed by atoms with Crippen LogP contribution in [0.5, 0.6) is 0 Å². The summed E-state index contributed by atoms with van der Waals surface area (Å²) in [5.41, 5.74) is 2.06. The maximum absolute atomic E-state index is 12.7. The molecule has 160 valence electrons.